The van der Waals surface area contributed by atoms with E-state index in [1.807, 2.05) is 12.1 Å². The molecule has 3 rings (SSSR count). The molecule has 1 heterocycles. The number of ether oxygens (including phenoxy) is 1. The maximum atomic E-state index is 7.52. The second-order valence-electron chi connectivity index (χ2n) is 5.53. The summed E-state index contributed by atoms with van der Waals surface area (Å²) in [6.07, 6.45) is 5.30. The van der Waals surface area contributed by atoms with Gasteiger partial charge in [0.2, 0.25) is 0 Å². The smallest absolute Gasteiger partial charge is 0.122 e. The van der Waals surface area contributed by atoms with Crippen molar-refractivity contribution in [2.75, 3.05) is 18.1 Å². The van der Waals surface area contributed by atoms with Gasteiger partial charge in [0, 0.05) is 16.6 Å². The van der Waals surface area contributed by atoms with Crippen LogP contribution >= 0.6 is 15.9 Å². The fourth-order valence-corrected chi connectivity index (χ4v) is 3.91. The molecule has 4 nitrogen and oxygen atoms in total. The molecule has 5 heteroatoms. The van der Waals surface area contributed by atoms with Gasteiger partial charge in [-0.15, -0.1) is 0 Å². The summed E-state index contributed by atoms with van der Waals surface area (Å²) in [5, 5.41) is 7.52. The Morgan fingerprint density at radius 1 is 1.35 bits per heavy atom. The summed E-state index contributed by atoms with van der Waals surface area (Å²) in [6, 6.07) is 6.41. The number of nitrogens with one attached hydrogen (secondary N) is 1. The summed E-state index contributed by atoms with van der Waals surface area (Å²) in [6.45, 7) is 1.72. The van der Waals surface area contributed by atoms with E-state index >= 15 is 0 Å². The molecule has 0 bridgehead atoms. The molecule has 2 aliphatic rings. The maximum absolute atomic E-state index is 7.52. The van der Waals surface area contributed by atoms with Gasteiger partial charge in [0.1, 0.15) is 5.84 Å². The Kier molecular flexibility index (Phi) is 3.98. The Hall–Kier alpha value is -1.07. The second kappa shape index (κ2) is 5.74. The zero-order valence-electron chi connectivity index (χ0n) is 11.4. The number of rotatable bonds is 2. The van der Waals surface area contributed by atoms with Gasteiger partial charge in [-0.1, -0.05) is 12.8 Å². The van der Waals surface area contributed by atoms with Crippen LogP contribution in [0.4, 0.5) is 5.69 Å². The predicted molar refractivity (Wildman–Crippen MR) is 84.5 cm³/mol. The van der Waals surface area contributed by atoms with Gasteiger partial charge < -0.3 is 15.4 Å². The molecule has 2 fully saturated rings. The van der Waals surface area contributed by atoms with Crippen molar-refractivity contribution in [1.82, 2.24) is 0 Å². The molecule has 1 aliphatic carbocycles. The fourth-order valence-electron chi connectivity index (χ4n) is 3.30. The molecule has 0 radical (unpaired) electrons. The summed E-state index contributed by atoms with van der Waals surface area (Å²) in [5.41, 5.74) is 7.49. The molecule has 2 unspecified atom stereocenters. The number of benzene rings is 1. The minimum absolute atomic E-state index is 0.106. The van der Waals surface area contributed by atoms with Gasteiger partial charge in [0.05, 0.1) is 24.4 Å². The lowest BCUT2D eigenvalue weighted by Gasteiger charge is -2.45. The van der Waals surface area contributed by atoms with Crippen LogP contribution in [0.3, 0.4) is 0 Å². The van der Waals surface area contributed by atoms with E-state index < -0.39 is 0 Å². The van der Waals surface area contributed by atoms with Gasteiger partial charge >= 0.3 is 0 Å². The maximum Gasteiger partial charge on any atom is 0.122 e. The third-order valence-corrected chi connectivity index (χ3v) is 4.94. The standard InChI is InChI=1S/C15H20BrN3O/c16-11-9-10(15(17)18)5-6-12(11)19-7-8-20-14-4-2-1-3-13(14)19/h5-6,9,13-14H,1-4,7-8H2,(H3,17,18). The highest BCUT2D eigenvalue weighted by atomic mass is 79.9. The van der Waals surface area contributed by atoms with Crippen molar-refractivity contribution < 1.29 is 4.74 Å². The van der Waals surface area contributed by atoms with Crippen LogP contribution in [-0.4, -0.2) is 31.1 Å². The van der Waals surface area contributed by atoms with Crippen LogP contribution in [0.1, 0.15) is 31.2 Å². The highest BCUT2D eigenvalue weighted by molar-refractivity contribution is 9.10. The van der Waals surface area contributed by atoms with Crippen LogP contribution in [0.25, 0.3) is 0 Å². The van der Waals surface area contributed by atoms with E-state index in [-0.39, 0.29) is 5.84 Å². The van der Waals surface area contributed by atoms with Crippen molar-refractivity contribution in [3.05, 3.63) is 28.2 Å². The van der Waals surface area contributed by atoms with E-state index in [0.717, 1.165) is 23.2 Å². The molecule has 3 N–H and O–H groups in total. The Morgan fingerprint density at radius 2 is 2.15 bits per heavy atom. The van der Waals surface area contributed by atoms with Crippen molar-refractivity contribution in [2.45, 2.75) is 37.8 Å². The second-order valence-corrected chi connectivity index (χ2v) is 6.39. The molecule has 1 aliphatic heterocycles. The summed E-state index contributed by atoms with van der Waals surface area (Å²) in [5.74, 6) is 0.106. The molecular formula is C15H20BrN3O. The van der Waals surface area contributed by atoms with Gasteiger partial charge in [0.25, 0.3) is 0 Å². The summed E-state index contributed by atoms with van der Waals surface area (Å²) in [4.78, 5) is 2.46. The largest absolute Gasteiger partial charge is 0.384 e. The monoisotopic (exact) mass is 337 g/mol. The first-order chi connectivity index (χ1) is 9.66. The van der Waals surface area contributed by atoms with Crippen LogP contribution in [0.2, 0.25) is 0 Å². The third kappa shape index (κ3) is 2.56. The van der Waals surface area contributed by atoms with Crippen molar-refractivity contribution >= 4 is 27.5 Å². The van der Waals surface area contributed by atoms with Crippen molar-refractivity contribution in [3.63, 3.8) is 0 Å². The first kappa shape index (κ1) is 13.9. The lowest BCUT2D eigenvalue weighted by Crippen LogP contribution is -2.53. The normalized spacial score (nSPS) is 26.1. The molecule has 1 saturated heterocycles. The number of halogens is 1. The van der Waals surface area contributed by atoms with E-state index in [2.05, 4.69) is 26.9 Å². The van der Waals surface area contributed by atoms with Crippen LogP contribution in [0.5, 0.6) is 0 Å². The molecular weight excluding hydrogens is 318 g/mol. The van der Waals surface area contributed by atoms with E-state index in [1.165, 1.54) is 31.4 Å². The first-order valence-electron chi connectivity index (χ1n) is 7.19. The first-order valence-corrected chi connectivity index (χ1v) is 7.98. The molecule has 0 amide bonds. The molecule has 1 aromatic rings. The van der Waals surface area contributed by atoms with Crippen LogP contribution in [0, 0.1) is 5.41 Å². The van der Waals surface area contributed by atoms with Crippen molar-refractivity contribution in [1.29, 1.82) is 5.41 Å². The Morgan fingerprint density at radius 3 is 2.90 bits per heavy atom. The molecule has 1 saturated carbocycles. The predicted octanol–water partition coefficient (Wildman–Crippen LogP) is 2.88. The zero-order valence-corrected chi connectivity index (χ0v) is 13.0. The minimum atomic E-state index is 0.106. The van der Waals surface area contributed by atoms with Crippen LogP contribution in [0.15, 0.2) is 22.7 Å². The van der Waals surface area contributed by atoms with E-state index in [1.54, 1.807) is 0 Å². The van der Waals surface area contributed by atoms with Crippen LogP contribution < -0.4 is 10.6 Å². The zero-order chi connectivity index (χ0) is 14.1. The van der Waals surface area contributed by atoms with Gasteiger partial charge in [0.15, 0.2) is 0 Å². The molecule has 2 atom stereocenters. The average Bonchev–Trinajstić information content (AvgIpc) is 2.46. The molecule has 1 aromatic carbocycles. The van der Waals surface area contributed by atoms with Crippen molar-refractivity contribution in [3.8, 4) is 0 Å². The molecule has 0 spiro atoms. The summed E-state index contributed by atoms with van der Waals surface area (Å²) in [7, 11) is 0. The van der Waals surface area contributed by atoms with E-state index in [0.29, 0.717) is 12.1 Å². The Labute approximate surface area is 127 Å². The SMILES string of the molecule is N=C(N)c1ccc(N2CCOC3CCCCC32)c(Br)c1. The quantitative estimate of drug-likeness (QED) is 0.644. The number of nitrogens with two attached hydrogens (primary N) is 1. The highest BCUT2D eigenvalue weighted by Gasteiger charge is 2.34. The number of anilines is 1. The fraction of sp³-hybridized carbons (Fsp3) is 0.533. The highest BCUT2D eigenvalue weighted by Crippen LogP contribution is 2.35. The summed E-state index contributed by atoms with van der Waals surface area (Å²) >= 11 is 3.63. The Bertz CT molecular complexity index is 518. The minimum Gasteiger partial charge on any atom is -0.384 e. The molecule has 108 valence electrons. The number of hydrogen-bond donors (Lipinski definition) is 2. The third-order valence-electron chi connectivity index (χ3n) is 4.30. The topological polar surface area (TPSA) is 62.3 Å². The van der Waals surface area contributed by atoms with E-state index in [4.69, 9.17) is 15.9 Å². The van der Waals surface area contributed by atoms with Gasteiger partial charge in [-0.3, -0.25) is 5.41 Å². The lowest BCUT2D eigenvalue weighted by molar-refractivity contribution is -0.00872. The number of hydrogen-bond acceptors (Lipinski definition) is 3. The van der Waals surface area contributed by atoms with Crippen LogP contribution in [-0.2, 0) is 4.74 Å². The van der Waals surface area contributed by atoms with Gasteiger partial charge in [-0.25, -0.2) is 0 Å². The number of nitrogen functional groups attached to an aromatic ring is 1. The molecule has 20 heavy (non-hydrogen) atoms. The number of morpholine rings is 1. The van der Waals surface area contributed by atoms with Gasteiger partial charge in [-0.2, -0.15) is 0 Å². The van der Waals surface area contributed by atoms with E-state index in [9.17, 15) is 0 Å². The van der Waals surface area contributed by atoms with Crippen molar-refractivity contribution in [2.24, 2.45) is 5.73 Å². The number of nitrogens with zero attached hydrogens (tertiary/aromatic N) is 1. The number of amidine groups is 1. The Balaban J connectivity index is 1.89. The van der Waals surface area contributed by atoms with Gasteiger partial charge in [-0.05, 0) is 47.0 Å². The number of fused-ring (bicyclic) bond motifs is 1. The lowest BCUT2D eigenvalue weighted by atomic mass is 9.89. The summed E-state index contributed by atoms with van der Waals surface area (Å²) < 4.78 is 6.93. The molecule has 0 aromatic heterocycles. The average molecular weight is 338 g/mol.